The fourth-order valence-electron chi connectivity index (χ4n) is 2.27. The Morgan fingerprint density at radius 1 is 1.50 bits per heavy atom. The molecule has 8 heteroatoms. The standard InChI is InChI=1S/C14H21N3O4S/c1-10-9-17(11(2)18)13-8-12(4-5-14(13)21-10)22(19,20)16-7-3-6-15/h4-5,8,10,16H,3,6-7,9,15H2,1-2H3. The first-order valence-corrected chi connectivity index (χ1v) is 8.62. The summed E-state index contributed by atoms with van der Waals surface area (Å²) in [6.45, 7) is 4.39. The van der Waals surface area contributed by atoms with Crippen LogP contribution in [0.15, 0.2) is 23.1 Å². The number of ether oxygens (including phenoxy) is 1. The lowest BCUT2D eigenvalue weighted by atomic mass is 10.2. The van der Waals surface area contributed by atoms with Gasteiger partial charge < -0.3 is 15.4 Å². The van der Waals surface area contributed by atoms with Crippen LogP contribution in [-0.2, 0) is 14.8 Å². The summed E-state index contributed by atoms with van der Waals surface area (Å²) < 4.78 is 32.6. The van der Waals surface area contributed by atoms with Crippen molar-refractivity contribution in [1.29, 1.82) is 0 Å². The summed E-state index contributed by atoms with van der Waals surface area (Å²) in [4.78, 5) is 13.4. The van der Waals surface area contributed by atoms with Crippen molar-refractivity contribution in [2.45, 2.75) is 31.3 Å². The molecule has 0 radical (unpaired) electrons. The molecule has 1 aliphatic rings. The molecular weight excluding hydrogens is 306 g/mol. The molecular formula is C14H21N3O4S. The van der Waals surface area contributed by atoms with E-state index in [0.29, 0.717) is 30.9 Å². The van der Waals surface area contributed by atoms with Gasteiger partial charge in [-0.3, -0.25) is 4.79 Å². The fraction of sp³-hybridized carbons (Fsp3) is 0.500. The molecule has 0 bridgehead atoms. The van der Waals surface area contributed by atoms with Crippen molar-refractivity contribution in [3.8, 4) is 5.75 Å². The summed E-state index contributed by atoms with van der Waals surface area (Å²) in [5, 5.41) is 0. The van der Waals surface area contributed by atoms with Gasteiger partial charge in [0.25, 0.3) is 0 Å². The number of carbonyl (C=O) groups is 1. The summed E-state index contributed by atoms with van der Waals surface area (Å²) in [6.07, 6.45) is 0.422. The van der Waals surface area contributed by atoms with Crippen LogP contribution in [0, 0.1) is 0 Å². The molecule has 0 saturated heterocycles. The van der Waals surface area contributed by atoms with Gasteiger partial charge in [-0.2, -0.15) is 0 Å². The molecule has 2 rings (SSSR count). The minimum absolute atomic E-state index is 0.104. The average Bonchev–Trinajstić information content (AvgIpc) is 2.45. The molecule has 7 nitrogen and oxygen atoms in total. The Kier molecular flexibility index (Phi) is 5.05. The first-order chi connectivity index (χ1) is 10.3. The Morgan fingerprint density at radius 2 is 2.23 bits per heavy atom. The van der Waals surface area contributed by atoms with Crippen LogP contribution in [0.3, 0.4) is 0 Å². The van der Waals surface area contributed by atoms with Gasteiger partial charge in [-0.15, -0.1) is 0 Å². The maximum Gasteiger partial charge on any atom is 0.240 e. The van der Waals surface area contributed by atoms with E-state index in [0.717, 1.165) is 0 Å². The van der Waals surface area contributed by atoms with Crippen molar-refractivity contribution >= 4 is 21.6 Å². The zero-order chi connectivity index (χ0) is 16.3. The van der Waals surface area contributed by atoms with E-state index >= 15 is 0 Å². The maximum absolute atomic E-state index is 12.2. The third-order valence-corrected chi connectivity index (χ3v) is 4.81. The van der Waals surface area contributed by atoms with Gasteiger partial charge in [-0.05, 0) is 38.1 Å². The molecule has 1 aromatic carbocycles. The summed E-state index contributed by atoms with van der Waals surface area (Å²) >= 11 is 0. The van der Waals surface area contributed by atoms with Crippen LogP contribution < -0.4 is 20.1 Å². The highest BCUT2D eigenvalue weighted by molar-refractivity contribution is 7.89. The van der Waals surface area contributed by atoms with Crippen LogP contribution in [0.25, 0.3) is 0 Å². The van der Waals surface area contributed by atoms with Crippen molar-refractivity contribution in [3.63, 3.8) is 0 Å². The molecule has 0 saturated carbocycles. The molecule has 1 aromatic rings. The molecule has 122 valence electrons. The molecule has 1 atom stereocenters. The Morgan fingerprint density at radius 3 is 2.86 bits per heavy atom. The van der Waals surface area contributed by atoms with E-state index in [-0.39, 0.29) is 23.5 Å². The van der Waals surface area contributed by atoms with Gasteiger partial charge in [0.15, 0.2) is 0 Å². The predicted molar refractivity (Wildman–Crippen MR) is 83.4 cm³/mol. The van der Waals surface area contributed by atoms with Crippen LogP contribution in [0.4, 0.5) is 5.69 Å². The number of carbonyl (C=O) groups excluding carboxylic acids is 1. The molecule has 1 unspecified atom stereocenters. The number of anilines is 1. The third kappa shape index (κ3) is 3.57. The van der Waals surface area contributed by atoms with E-state index in [9.17, 15) is 13.2 Å². The summed E-state index contributed by atoms with van der Waals surface area (Å²) in [7, 11) is -3.63. The minimum Gasteiger partial charge on any atom is -0.487 e. The van der Waals surface area contributed by atoms with Crippen molar-refractivity contribution in [2.24, 2.45) is 5.73 Å². The van der Waals surface area contributed by atoms with Crippen LogP contribution >= 0.6 is 0 Å². The summed E-state index contributed by atoms with van der Waals surface area (Å²) in [6, 6.07) is 4.52. The van der Waals surface area contributed by atoms with E-state index in [1.54, 1.807) is 6.07 Å². The number of amides is 1. The van der Waals surface area contributed by atoms with Gasteiger partial charge in [0.05, 0.1) is 17.1 Å². The second kappa shape index (κ2) is 6.64. The van der Waals surface area contributed by atoms with E-state index < -0.39 is 10.0 Å². The van der Waals surface area contributed by atoms with Gasteiger partial charge in [-0.25, -0.2) is 13.1 Å². The number of benzene rings is 1. The van der Waals surface area contributed by atoms with Gasteiger partial charge in [0.2, 0.25) is 15.9 Å². The van der Waals surface area contributed by atoms with E-state index in [1.165, 1.54) is 24.0 Å². The first kappa shape index (κ1) is 16.7. The Hall–Kier alpha value is -1.64. The highest BCUT2D eigenvalue weighted by atomic mass is 32.2. The van der Waals surface area contributed by atoms with Crippen LogP contribution in [0.5, 0.6) is 5.75 Å². The number of sulfonamides is 1. The number of fused-ring (bicyclic) bond motifs is 1. The van der Waals surface area contributed by atoms with E-state index in [1.807, 2.05) is 6.92 Å². The molecule has 1 heterocycles. The summed E-state index contributed by atoms with van der Waals surface area (Å²) in [5.41, 5.74) is 5.84. The number of hydrogen-bond donors (Lipinski definition) is 2. The molecule has 0 spiro atoms. The van der Waals surface area contributed by atoms with Gasteiger partial charge in [-0.1, -0.05) is 0 Å². The smallest absolute Gasteiger partial charge is 0.240 e. The third-order valence-electron chi connectivity index (χ3n) is 3.35. The van der Waals surface area contributed by atoms with Crippen molar-refractivity contribution < 1.29 is 17.9 Å². The molecule has 1 amide bonds. The number of nitrogens with one attached hydrogen (secondary N) is 1. The van der Waals surface area contributed by atoms with Crippen LogP contribution in [0.1, 0.15) is 20.3 Å². The number of nitrogens with zero attached hydrogens (tertiary/aromatic N) is 1. The SMILES string of the molecule is CC(=O)N1CC(C)Oc2ccc(S(=O)(=O)NCCCN)cc21. The van der Waals surface area contributed by atoms with Crippen molar-refractivity contribution in [3.05, 3.63) is 18.2 Å². The van der Waals surface area contributed by atoms with Gasteiger partial charge in [0, 0.05) is 13.5 Å². The molecule has 1 aliphatic heterocycles. The van der Waals surface area contributed by atoms with Crippen LogP contribution in [-0.4, -0.2) is 40.1 Å². The molecule has 3 N–H and O–H groups in total. The van der Waals surface area contributed by atoms with Crippen LogP contribution in [0.2, 0.25) is 0 Å². The monoisotopic (exact) mass is 327 g/mol. The lowest BCUT2D eigenvalue weighted by molar-refractivity contribution is -0.117. The second-order valence-corrected chi connectivity index (χ2v) is 6.99. The molecule has 22 heavy (non-hydrogen) atoms. The second-order valence-electron chi connectivity index (χ2n) is 5.23. The quantitative estimate of drug-likeness (QED) is 0.765. The molecule has 0 aliphatic carbocycles. The lowest BCUT2D eigenvalue weighted by Gasteiger charge is -2.33. The molecule has 0 fully saturated rings. The Balaban J connectivity index is 2.34. The van der Waals surface area contributed by atoms with Gasteiger partial charge in [0.1, 0.15) is 11.9 Å². The topological polar surface area (TPSA) is 102 Å². The maximum atomic E-state index is 12.2. The zero-order valence-electron chi connectivity index (χ0n) is 12.7. The van der Waals surface area contributed by atoms with E-state index in [2.05, 4.69) is 4.72 Å². The Labute approximate surface area is 130 Å². The summed E-state index contributed by atoms with van der Waals surface area (Å²) in [5.74, 6) is 0.358. The predicted octanol–water partition coefficient (Wildman–Crippen LogP) is 0.448. The zero-order valence-corrected chi connectivity index (χ0v) is 13.5. The largest absolute Gasteiger partial charge is 0.487 e. The van der Waals surface area contributed by atoms with E-state index in [4.69, 9.17) is 10.5 Å². The average molecular weight is 327 g/mol. The number of rotatable bonds is 5. The minimum atomic E-state index is -3.63. The lowest BCUT2D eigenvalue weighted by Crippen LogP contribution is -2.41. The first-order valence-electron chi connectivity index (χ1n) is 7.13. The highest BCUT2D eigenvalue weighted by Gasteiger charge is 2.27. The highest BCUT2D eigenvalue weighted by Crippen LogP contribution is 2.35. The number of nitrogens with two attached hydrogens (primary N) is 1. The number of hydrogen-bond acceptors (Lipinski definition) is 5. The van der Waals surface area contributed by atoms with Crippen molar-refractivity contribution in [2.75, 3.05) is 24.5 Å². The molecule has 0 aromatic heterocycles. The normalized spacial score (nSPS) is 17.8. The fourth-order valence-corrected chi connectivity index (χ4v) is 3.37. The van der Waals surface area contributed by atoms with Crippen molar-refractivity contribution in [1.82, 2.24) is 4.72 Å². The Bertz CT molecular complexity index is 660. The van der Waals surface area contributed by atoms with Gasteiger partial charge >= 0.3 is 0 Å².